The Bertz CT molecular complexity index is 367. The summed E-state index contributed by atoms with van der Waals surface area (Å²) in [4.78, 5) is 11.2. The number of carboxylic acids is 1. The maximum Gasteiger partial charge on any atom is 0.335 e. The number of carboxylic acid groups (broad SMARTS) is 1. The Morgan fingerprint density at radius 1 is 1.38 bits per heavy atom. The maximum absolute atomic E-state index is 11.2. The third-order valence-corrected chi connectivity index (χ3v) is 2.85. The monoisotopic (exact) mass is 220 g/mol. The molecular formula is C14H20O2. The largest absolute Gasteiger partial charge is 0.478 e. The van der Waals surface area contributed by atoms with E-state index in [1.165, 1.54) is 5.56 Å². The Hall–Kier alpha value is -1.31. The molecule has 1 N–H and O–H groups in total. The number of carbonyl (C=O) groups is 1. The molecule has 0 radical (unpaired) electrons. The molecule has 2 nitrogen and oxygen atoms in total. The molecule has 0 unspecified atom stereocenters. The van der Waals surface area contributed by atoms with Gasteiger partial charge in [0.15, 0.2) is 0 Å². The molecule has 0 atom stereocenters. The lowest BCUT2D eigenvalue weighted by atomic mass is 9.90. The van der Waals surface area contributed by atoms with Crippen LogP contribution in [-0.2, 0) is 6.42 Å². The van der Waals surface area contributed by atoms with Crippen molar-refractivity contribution in [3.8, 4) is 0 Å². The second kappa shape index (κ2) is 5.69. The van der Waals surface area contributed by atoms with Crippen LogP contribution in [0.15, 0.2) is 18.2 Å². The van der Waals surface area contributed by atoms with E-state index in [-0.39, 0.29) is 0 Å². The molecule has 0 saturated carbocycles. The normalized spacial score (nSPS) is 10.8. The van der Waals surface area contributed by atoms with Gasteiger partial charge in [-0.05, 0) is 36.0 Å². The molecule has 0 aliphatic carbocycles. The highest BCUT2D eigenvalue weighted by molar-refractivity contribution is 5.89. The van der Waals surface area contributed by atoms with Crippen LogP contribution in [0.1, 0.15) is 61.0 Å². The molecule has 0 bridgehead atoms. The fourth-order valence-electron chi connectivity index (χ4n) is 1.98. The van der Waals surface area contributed by atoms with E-state index in [0.29, 0.717) is 11.5 Å². The van der Waals surface area contributed by atoms with Crippen LogP contribution in [0.25, 0.3) is 0 Å². The third-order valence-electron chi connectivity index (χ3n) is 2.85. The summed E-state index contributed by atoms with van der Waals surface area (Å²) >= 11 is 0. The highest BCUT2D eigenvalue weighted by Gasteiger charge is 2.14. The van der Waals surface area contributed by atoms with Crippen LogP contribution in [0.5, 0.6) is 0 Å². The molecule has 0 aliphatic rings. The number of unbranched alkanes of at least 4 members (excludes halogenated alkanes) is 1. The predicted octanol–water partition coefficient (Wildman–Crippen LogP) is 3.85. The van der Waals surface area contributed by atoms with Crippen LogP contribution in [0, 0.1) is 0 Å². The zero-order chi connectivity index (χ0) is 12.1. The minimum atomic E-state index is -0.811. The Labute approximate surface area is 97.3 Å². The van der Waals surface area contributed by atoms with Crippen LogP contribution in [0.3, 0.4) is 0 Å². The van der Waals surface area contributed by atoms with E-state index < -0.39 is 5.97 Å². The molecule has 88 valence electrons. The van der Waals surface area contributed by atoms with Gasteiger partial charge in [0, 0.05) is 0 Å². The lowest BCUT2D eigenvalue weighted by molar-refractivity contribution is 0.0695. The Balaban J connectivity index is 3.18. The Morgan fingerprint density at radius 3 is 2.56 bits per heavy atom. The Kier molecular flexibility index (Phi) is 4.53. The second-order valence-corrected chi connectivity index (χ2v) is 4.44. The standard InChI is InChI=1S/C14H20O2/c1-4-5-7-12-11(10(2)3)8-6-9-13(12)14(15)16/h6,8-10H,4-5,7H2,1-3H3,(H,15,16). The molecule has 0 aromatic heterocycles. The SMILES string of the molecule is CCCCc1c(C(=O)O)cccc1C(C)C. The van der Waals surface area contributed by atoms with Gasteiger partial charge < -0.3 is 5.11 Å². The first-order valence-electron chi connectivity index (χ1n) is 5.93. The molecule has 0 spiro atoms. The van der Waals surface area contributed by atoms with Gasteiger partial charge in [-0.15, -0.1) is 0 Å². The fourth-order valence-corrected chi connectivity index (χ4v) is 1.98. The van der Waals surface area contributed by atoms with Crippen LogP contribution in [-0.4, -0.2) is 11.1 Å². The van der Waals surface area contributed by atoms with Crippen molar-refractivity contribution in [2.45, 2.75) is 46.0 Å². The van der Waals surface area contributed by atoms with Crippen molar-refractivity contribution in [1.82, 2.24) is 0 Å². The van der Waals surface area contributed by atoms with E-state index in [2.05, 4.69) is 20.8 Å². The molecule has 0 aliphatic heterocycles. The number of hydrogen-bond acceptors (Lipinski definition) is 1. The Morgan fingerprint density at radius 2 is 2.06 bits per heavy atom. The van der Waals surface area contributed by atoms with Gasteiger partial charge in [0.1, 0.15) is 0 Å². The van der Waals surface area contributed by atoms with Crippen LogP contribution in [0.4, 0.5) is 0 Å². The van der Waals surface area contributed by atoms with Gasteiger partial charge >= 0.3 is 5.97 Å². The number of hydrogen-bond donors (Lipinski definition) is 1. The van der Waals surface area contributed by atoms with Gasteiger partial charge in [-0.1, -0.05) is 39.3 Å². The van der Waals surface area contributed by atoms with Crippen molar-refractivity contribution in [1.29, 1.82) is 0 Å². The summed E-state index contributed by atoms with van der Waals surface area (Å²) in [5, 5.41) is 9.17. The zero-order valence-electron chi connectivity index (χ0n) is 10.3. The number of rotatable bonds is 5. The number of benzene rings is 1. The van der Waals surface area contributed by atoms with Gasteiger partial charge in [0.2, 0.25) is 0 Å². The molecular weight excluding hydrogens is 200 g/mol. The predicted molar refractivity (Wildman–Crippen MR) is 66.1 cm³/mol. The van der Waals surface area contributed by atoms with Crippen molar-refractivity contribution < 1.29 is 9.90 Å². The van der Waals surface area contributed by atoms with Gasteiger partial charge in [-0.3, -0.25) is 0 Å². The first kappa shape index (κ1) is 12.8. The molecule has 16 heavy (non-hydrogen) atoms. The fraction of sp³-hybridized carbons (Fsp3) is 0.500. The van der Waals surface area contributed by atoms with Crippen LogP contribution in [0.2, 0.25) is 0 Å². The van der Waals surface area contributed by atoms with E-state index in [1.54, 1.807) is 6.07 Å². The molecule has 0 fully saturated rings. The van der Waals surface area contributed by atoms with E-state index in [4.69, 9.17) is 0 Å². The van der Waals surface area contributed by atoms with Crippen molar-refractivity contribution >= 4 is 5.97 Å². The summed E-state index contributed by atoms with van der Waals surface area (Å²) in [6.07, 6.45) is 3.00. The van der Waals surface area contributed by atoms with Crippen molar-refractivity contribution in [3.05, 3.63) is 34.9 Å². The summed E-state index contributed by atoms with van der Waals surface area (Å²) < 4.78 is 0. The zero-order valence-corrected chi connectivity index (χ0v) is 10.3. The summed E-state index contributed by atoms with van der Waals surface area (Å²) in [6, 6.07) is 5.59. The smallest absolute Gasteiger partial charge is 0.335 e. The van der Waals surface area contributed by atoms with Gasteiger partial charge in [0.05, 0.1) is 5.56 Å². The van der Waals surface area contributed by atoms with E-state index >= 15 is 0 Å². The van der Waals surface area contributed by atoms with Gasteiger partial charge in [-0.25, -0.2) is 4.79 Å². The molecule has 1 aromatic rings. The average Bonchev–Trinajstić information content (AvgIpc) is 2.25. The lowest BCUT2D eigenvalue weighted by Gasteiger charge is -2.15. The van der Waals surface area contributed by atoms with Crippen molar-refractivity contribution in [3.63, 3.8) is 0 Å². The second-order valence-electron chi connectivity index (χ2n) is 4.44. The number of aromatic carboxylic acids is 1. The lowest BCUT2D eigenvalue weighted by Crippen LogP contribution is -2.07. The molecule has 0 amide bonds. The van der Waals surface area contributed by atoms with Gasteiger partial charge in [0.25, 0.3) is 0 Å². The summed E-state index contributed by atoms with van der Waals surface area (Å²) in [5.41, 5.74) is 2.67. The summed E-state index contributed by atoms with van der Waals surface area (Å²) in [7, 11) is 0. The van der Waals surface area contributed by atoms with Crippen LogP contribution < -0.4 is 0 Å². The first-order valence-corrected chi connectivity index (χ1v) is 5.93. The van der Waals surface area contributed by atoms with E-state index in [0.717, 1.165) is 24.8 Å². The summed E-state index contributed by atoms with van der Waals surface area (Å²) in [6.45, 7) is 6.34. The maximum atomic E-state index is 11.2. The molecule has 1 rings (SSSR count). The highest BCUT2D eigenvalue weighted by atomic mass is 16.4. The van der Waals surface area contributed by atoms with E-state index in [9.17, 15) is 9.90 Å². The molecule has 1 aromatic carbocycles. The minimum absolute atomic E-state index is 0.381. The van der Waals surface area contributed by atoms with E-state index in [1.807, 2.05) is 12.1 Å². The third kappa shape index (κ3) is 2.84. The average molecular weight is 220 g/mol. The molecule has 2 heteroatoms. The van der Waals surface area contributed by atoms with Crippen LogP contribution >= 0.6 is 0 Å². The quantitative estimate of drug-likeness (QED) is 0.818. The highest BCUT2D eigenvalue weighted by Crippen LogP contribution is 2.24. The van der Waals surface area contributed by atoms with Gasteiger partial charge in [-0.2, -0.15) is 0 Å². The first-order chi connectivity index (χ1) is 7.57. The summed E-state index contributed by atoms with van der Waals surface area (Å²) in [5.74, 6) is -0.431. The topological polar surface area (TPSA) is 37.3 Å². The molecule has 0 saturated heterocycles. The minimum Gasteiger partial charge on any atom is -0.478 e. The van der Waals surface area contributed by atoms with Crippen molar-refractivity contribution in [2.75, 3.05) is 0 Å². The molecule has 0 heterocycles. The van der Waals surface area contributed by atoms with Crippen molar-refractivity contribution in [2.24, 2.45) is 0 Å².